The first-order valence-corrected chi connectivity index (χ1v) is 22.2. The van der Waals surface area contributed by atoms with Crippen LogP contribution in [0.1, 0.15) is 116 Å². The van der Waals surface area contributed by atoms with E-state index in [1.807, 2.05) is 74.9 Å². The number of carbonyl (C=O) groups excluding carboxylic acids is 4. The van der Waals surface area contributed by atoms with Crippen LogP contribution < -0.4 is 10.6 Å². The van der Waals surface area contributed by atoms with Crippen LogP contribution in [0.3, 0.4) is 0 Å². The normalized spacial score (nSPS) is 26.8. The number of hydrogen-bond donors (Lipinski definition) is 4. The third-order valence-corrected chi connectivity index (χ3v) is 13.5. The molecule has 11 atom stereocenters. The number of carbonyl (C=O) groups is 4. The molecule has 5 heterocycles. The largest absolute Gasteiger partial charge is 0.453 e. The van der Waals surface area contributed by atoms with Crippen LogP contribution in [0, 0.1) is 35.5 Å². The van der Waals surface area contributed by atoms with Gasteiger partial charge in [0.25, 0.3) is 0 Å². The molecule has 3 saturated heterocycles. The van der Waals surface area contributed by atoms with E-state index >= 15 is 0 Å². The highest BCUT2D eigenvalue weighted by Gasteiger charge is 2.47. The van der Waals surface area contributed by atoms with Crippen molar-refractivity contribution < 1.29 is 33.4 Å². The first kappa shape index (κ1) is 45.2. The van der Waals surface area contributed by atoms with Gasteiger partial charge >= 0.3 is 12.2 Å². The number of ether oxygens (including phenoxy) is 3. The molecule has 2 aromatic heterocycles. The van der Waals surface area contributed by atoms with Crippen molar-refractivity contribution in [2.24, 2.45) is 23.7 Å². The van der Waals surface area contributed by atoms with Crippen molar-refractivity contribution in [3.05, 3.63) is 71.7 Å². The summed E-state index contributed by atoms with van der Waals surface area (Å²) in [6, 6.07) is 10.1. The fraction of sp³-hybridized carbons (Fsp3) is 0.542. The molecule has 336 valence electrons. The number of nitrogens with zero attached hydrogens (tertiary/aromatic N) is 4. The molecule has 0 radical (unpaired) electrons. The van der Waals surface area contributed by atoms with Crippen molar-refractivity contribution in [3.8, 4) is 23.1 Å². The highest BCUT2D eigenvalue weighted by Crippen LogP contribution is 2.42. The van der Waals surface area contributed by atoms with Gasteiger partial charge in [0, 0.05) is 23.2 Å². The molecule has 3 aliphatic heterocycles. The van der Waals surface area contributed by atoms with Crippen molar-refractivity contribution in [2.75, 3.05) is 14.2 Å². The van der Waals surface area contributed by atoms with E-state index in [1.54, 1.807) is 6.20 Å². The van der Waals surface area contributed by atoms with Gasteiger partial charge in [-0.15, -0.1) is 0 Å². The Hall–Kier alpha value is -5.88. The standard InChI is InChI=1S/C48H62N8O7/c1-25(2)41(53-47(59)61-9)45(57)55-30(7)27(4)18-40(55)44-50-24-38(52-44)35-15-14-33-21-32(11-13-34(33)22-35)12-16-37-23-49-43(51-37)39-17-26(3)31(8)56(39)46(58)42(54-48(60)62-10)36-19-28(5)63-29(6)20-36/h11,13-15,21-31,36,39-42H,17-20H2,1-10H3,(H,49,51)(H,50,52)(H,53,59)(H,54,60)/t26-,27-,28-,29+,30-,31-,36?,39+,40+,41+,42?/m1/s1. The van der Waals surface area contributed by atoms with E-state index in [2.05, 4.69) is 65.3 Å². The second-order valence-corrected chi connectivity index (χ2v) is 18.3. The van der Waals surface area contributed by atoms with Crippen molar-refractivity contribution in [1.29, 1.82) is 0 Å². The van der Waals surface area contributed by atoms with Gasteiger partial charge in [0.1, 0.15) is 29.4 Å². The maximum absolute atomic E-state index is 14.5. The molecular weight excluding hydrogens is 801 g/mol. The van der Waals surface area contributed by atoms with Gasteiger partial charge in [0.05, 0.1) is 56.6 Å². The Balaban J connectivity index is 1.06. The molecule has 0 saturated carbocycles. The number of H-pyrrole nitrogens is 2. The minimum absolute atomic E-state index is 0.0344. The van der Waals surface area contributed by atoms with Gasteiger partial charge in [0.2, 0.25) is 11.8 Å². The first-order chi connectivity index (χ1) is 30.1. The van der Waals surface area contributed by atoms with Crippen molar-refractivity contribution in [2.45, 2.75) is 130 Å². The predicted octanol–water partition coefficient (Wildman–Crippen LogP) is 7.26. The number of rotatable bonds is 9. The van der Waals surface area contributed by atoms with Crippen molar-refractivity contribution in [1.82, 2.24) is 40.4 Å². The fourth-order valence-corrected chi connectivity index (χ4v) is 9.81. The Labute approximate surface area is 369 Å². The molecule has 2 aromatic carbocycles. The molecule has 63 heavy (non-hydrogen) atoms. The van der Waals surface area contributed by atoms with Crippen LogP contribution in [0.2, 0.25) is 0 Å². The quantitative estimate of drug-likeness (QED) is 0.126. The van der Waals surface area contributed by atoms with Crippen LogP contribution in [0.4, 0.5) is 9.59 Å². The Kier molecular flexibility index (Phi) is 13.5. The van der Waals surface area contributed by atoms with Gasteiger partial charge in [-0.3, -0.25) is 9.59 Å². The van der Waals surface area contributed by atoms with E-state index in [0.717, 1.165) is 40.4 Å². The number of hydrogen-bond acceptors (Lipinski definition) is 9. The summed E-state index contributed by atoms with van der Waals surface area (Å²) >= 11 is 0. The molecule has 15 heteroatoms. The number of likely N-dealkylation sites (tertiary alicyclic amines) is 2. The molecule has 4 N–H and O–H groups in total. The molecular formula is C48H62N8O7. The Morgan fingerprint density at radius 2 is 1.30 bits per heavy atom. The van der Waals surface area contributed by atoms with E-state index in [-0.39, 0.29) is 71.9 Å². The SMILES string of the molecule is COC(=O)NC(C(=O)N1[C@H](C)[C@H](C)C[C@H]1c1ncc(C#Cc2ccc3cc(-c4cnc([C@@H]5C[C@@H](C)[C@@H](C)N5C(=O)[C@@H](NC(=O)OC)C(C)C)[nH]4)ccc3c2)[nH]1)C1C[C@@H](C)O[C@@H](C)C1. The molecule has 3 aliphatic rings. The second-order valence-electron chi connectivity index (χ2n) is 18.3. The molecule has 3 fully saturated rings. The second kappa shape index (κ2) is 18.8. The lowest BCUT2D eigenvalue weighted by Gasteiger charge is -2.39. The first-order valence-electron chi connectivity index (χ1n) is 22.2. The lowest BCUT2D eigenvalue weighted by Crippen LogP contribution is -2.55. The summed E-state index contributed by atoms with van der Waals surface area (Å²) in [5.41, 5.74) is 3.27. The van der Waals surface area contributed by atoms with Crippen molar-refractivity contribution >= 4 is 34.8 Å². The summed E-state index contributed by atoms with van der Waals surface area (Å²) < 4.78 is 15.7. The van der Waals surface area contributed by atoms with E-state index < -0.39 is 24.3 Å². The summed E-state index contributed by atoms with van der Waals surface area (Å²) in [5.74, 6) is 7.79. The van der Waals surface area contributed by atoms with E-state index in [0.29, 0.717) is 30.2 Å². The van der Waals surface area contributed by atoms with Gasteiger partial charge < -0.3 is 44.6 Å². The van der Waals surface area contributed by atoms with E-state index in [4.69, 9.17) is 24.2 Å². The molecule has 7 rings (SSSR count). The molecule has 4 amide bonds. The van der Waals surface area contributed by atoms with Crippen LogP contribution >= 0.6 is 0 Å². The highest BCUT2D eigenvalue weighted by atomic mass is 16.5. The number of alkyl carbamates (subject to hydrolysis) is 2. The lowest BCUT2D eigenvalue weighted by atomic mass is 9.85. The smallest absolute Gasteiger partial charge is 0.407 e. The zero-order valence-electron chi connectivity index (χ0n) is 38.0. The molecule has 0 bridgehead atoms. The Morgan fingerprint density at radius 1 is 0.730 bits per heavy atom. The van der Waals surface area contributed by atoms with E-state index in [1.165, 1.54) is 14.2 Å². The monoisotopic (exact) mass is 862 g/mol. The number of imidazole rings is 2. The summed E-state index contributed by atoms with van der Waals surface area (Å²) in [6.07, 6.45) is 4.95. The summed E-state index contributed by atoms with van der Waals surface area (Å²) in [4.78, 5) is 73.2. The summed E-state index contributed by atoms with van der Waals surface area (Å²) in [5, 5.41) is 7.66. The third kappa shape index (κ3) is 9.56. The predicted molar refractivity (Wildman–Crippen MR) is 238 cm³/mol. The Morgan fingerprint density at radius 3 is 1.94 bits per heavy atom. The Bertz CT molecular complexity index is 2370. The lowest BCUT2D eigenvalue weighted by molar-refractivity contribution is -0.141. The minimum Gasteiger partial charge on any atom is -0.453 e. The average molecular weight is 863 g/mol. The molecule has 2 unspecified atom stereocenters. The third-order valence-electron chi connectivity index (χ3n) is 13.5. The van der Waals surface area contributed by atoms with Gasteiger partial charge in [-0.2, -0.15) is 0 Å². The molecule has 4 aromatic rings. The fourth-order valence-electron chi connectivity index (χ4n) is 9.81. The van der Waals surface area contributed by atoms with Gasteiger partial charge in [-0.05, 0) is 112 Å². The zero-order valence-corrected chi connectivity index (χ0v) is 38.0. The number of aromatic amines is 2. The summed E-state index contributed by atoms with van der Waals surface area (Å²) in [6.45, 7) is 16.2. The van der Waals surface area contributed by atoms with Crippen LogP contribution in [0.15, 0.2) is 48.8 Å². The number of aromatic nitrogens is 4. The molecule has 0 aliphatic carbocycles. The van der Waals surface area contributed by atoms with Crippen LogP contribution in [0.5, 0.6) is 0 Å². The van der Waals surface area contributed by atoms with Gasteiger partial charge in [-0.25, -0.2) is 19.6 Å². The number of amides is 4. The molecule has 0 spiro atoms. The van der Waals surface area contributed by atoms with Crippen molar-refractivity contribution in [3.63, 3.8) is 0 Å². The van der Waals surface area contributed by atoms with Crippen LogP contribution in [-0.4, -0.2) is 104 Å². The topological polar surface area (TPSA) is 184 Å². The zero-order chi connectivity index (χ0) is 45.3. The van der Waals surface area contributed by atoms with Gasteiger partial charge in [0.15, 0.2) is 0 Å². The van der Waals surface area contributed by atoms with E-state index in [9.17, 15) is 19.2 Å². The van der Waals surface area contributed by atoms with Gasteiger partial charge in [-0.1, -0.05) is 51.8 Å². The maximum Gasteiger partial charge on any atom is 0.407 e. The maximum atomic E-state index is 14.5. The number of fused-ring (bicyclic) bond motifs is 1. The highest BCUT2D eigenvalue weighted by molar-refractivity contribution is 5.89. The van der Waals surface area contributed by atoms with Crippen LogP contribution in [0.25, 0.3) is 22.0 Å². The number of nitrogens with one attached hydrogen (secondary N) is 4. The molecule has 15 nitrogen and oxygen atoms in total. The average Bonchev–Trinajstić information content (AvgIpc) is 4.06. The number of methoxy groups -OCH3 is 2. The van der Waals surface area contributed by atoms with Crippen LogP contribution in [-0.2, 0) is 23.8 Å². The minimum atomic E-state index is -0.758. The number of benzene rings is 2. The summed E-state index contributed by atoms with van der Waals surface area (Å²) in [7, 11) is 2.60.